The first-order valence-electron chi connectivity index (χ1n) is 4.61. The first-order valence-corrected chi connectivity index (χ1v) is 5.43. The zero-order valence-corrected chi connectivity index (χ0v) is 8.47. The number of carbonyl (C=O) groups is 1. The molecule has 1 aliphatic rings. The van der Waals surface area contributed by atoms with Crippen molar-refractivity contribution >= 4 is 17.3 Å². The van der Waals surface area contributed by atoms with Crippen molar-refractivity contribution < 1.29 is 9.90 Å². The molecule has 0 saturated carbocycles. The van der Waals surface area contributed by atoms with E-state index in [1.807, 2.05) is 0 Å². The van der Waals surface area contributed by atoms with Crippen LogP contribution in [-0.2, 0) is 24.2 Å². The van der Waals surface area contributed by atoms with Crippen LogP contribution < -0.4 is 4.87 Å². The molecule has 2 rings (SSSR count). The van der Waals surface area contributed by atoms with Gasteiger partial charge in [0.05, 0.1) is 0 Å². The average Bonchev–Trinajstić information content (AvgIpc) is 2.43. The average molecular weight is 213 g/mol. The summed E-state index contributed by atoms with van der Waals surface area (Å²) in [6.07, 6.45) is 3.95. The van der Waals surface area contributed by atoms with Crippen LogP contribution >= 0.6 is 11.3 Å². The Labute approximate surface area is 84.8 Å². The van der Waals surface area contributed by atoms with Gasteiger partial charge in [-0.05, 0) is 25.7 Å². The summed E-state index contributed by atoms with van der Waals surface area (Å²) in [5.74, 6) is -0.946. The van der Waals surface area contributed by atoms with E-state index in [1.165, 1.54) is 15.9 Å². The predicted molar refractivity (Wildman–Crippen MR) is 52.9 cm³/mol. The summed E-state index contributed by atoms with van der Waals surface area (Å²) in [7, 11) is 0. The molecule has 0 aliphatic heterocycles. The molecule has 14 heavy (non-hydrogen) atoms. The van der Waals surface area contributed by atoms with E-state index in [-0.39, 0.29) is 11.4 Å². The monoisotopic (exact) mass is 213 g/mol. The Hall–Kier alpha value is -1.10. The number of hydrogen-bond acceptors (Lipinski definition) is 3. The highest BCUT2D eigenvalue weighted by Gasteiger charge is 2.18. The largest absolute Gasteiger partial charge is 0.480 e. The number of carboxylic acid groups (broad SMARTS) is 1. The Kier molecular flexibility index (Phi) is 2.41. The fourth-order valence-corrected chi connectivity index (χ4v) is 2.90. The molecule has 4 nitrogen and oxygen atoms in total. The lowest BCUT2D eigenvalue weighted by atomic mass is 10.0. The smallest absolute Gasteiger partial charge is 0.323 e. The quantitative estimate of drug-likeness (QED) is 0.793. The van der Waals surface area contributed by atoms with Gasteiger partial charge in [-0.1, -0.05) is 11.3 Å². The van der Waals surface area contributed by atoms with Crippen molar-refractivity contribution in [2.24, 2.45) is 0 Å². The van der Waals surface area contributed by atoms with Gasteiger partial charge in [0.25, 0.3) is 0 Å². The molecule has 1 heterocycles. The van der Waals surface area contributed by atoms with Crippen molar-refractivity contribution in [3.05, 3.63) is 20.2 Å². The lowest BCUT2D eigenvalue weighted by molar-refractivity contribution is -0.137. The molecule has 0 bridgehead atoms. The third-order valence-corrected chi connectivity index (χ3v) is 3.52. The van der Waals surface area contributed by atoms with E-state index in [0.717, 1.165) is 36.3 Å². The second kappa shape index (κ2) is 3.57. The minimum atomic E-state index is -0.946. The van der Waals surface area contributed by atoms with Gasteiger partial charge in [0, 0.05) is 10.6 Å². The van der Waals surface area contributed by atoms with Crippen molar-refractivity contribution in [2.45, 2.75) is 32.2 Å². The van der Waals surface area contributed by atoms with E-state index < -0.39 is 5.97 Å². The molecule has 0 atom stereocenters. The predicted octanol–water partition coefficient (Wildman–Crippen LogP) is 0.873. The number of hydrogen-bond donors (Lipinski definition) is 1. The second-order valence-electron chi connectivity index (χ2n) is 3.42. The fraction of sp³-hybridized carbons (Fsp3) is 0.556. The van der Waals surface area contributed by atoms with Crippen LogP contribution in [0.15, 0.2) is 4.79 Å². The molecule has 1 aliphatic carbocycles. The van der Waals surface area contributed by atoms with Gasteiger partial charge in [-0.2, -0.15) is 0 Å². The fourth-order valence-electron chi connectivity index (χ4n) is 1.82. The zero-order valence-electron chi connectivity index (χ0n) is 7.65. The van der Waals surface area contributed by atoms with Crippen molar-refractivity contribution in [3.8, 4) is 0 Å². The van der Waals surface area contributed by atoms with Crippen LogP contribution in [-0.4, -0.2) is 15.6 Å². The highest BCUT2D eigenvalue weighted by Crippen LogP contribution is 2.23. The number of aryl methyl sites for hydroxylation is 1. The van der Waals surface area contributed by atoms with Crippen LogP contribution in [0.2, 0.25) is 0 Å². The third kappa shape index (κ3) is 1.59. The Balaban J connectivity index is 2.42. The summed E-state index contributed by atoms with van der Waals surface area (Å²) in [4.78, 5) is 23.0. The second-order valence-corrected chi connectivity index (χ2v) is 4.47. The molecular weight excluding hydrogens is 202 g/mol. The number of aromatic nitrogens is 1. The van der Waals surface area contributed by atoms with Gasteiger partial charge in [0.2, 0.25) is 0 Å². The summed E-state index contributed by atoms with van der Waals surface area (Å²) in [5.41, 5.74) is 0.952. The number of thiazole rings is 1. The minimum absolute atomic E-state index is 0.126. The molecule has 0 amide bonds. The number of fused-ring (bicyclic) bond motifs is 1. The molecule has 0 aromatic carbocycles. The maximum atomic E-state index is 11.5. The Morgan fingerprint density at radius 1 is 1.43 bits per heavy atom. The molecule has 76 valence electrons. The van der Waals surface area contributed by atoms with E-state index >= 15 is 0 Å². The summed E-state index contributed by atoms with van der Waals surface area (Å²) in [6, 6.07) is 0. The number of aliphatic carboxylic acids is 1. The summed E-state index contributed by atoms with van der Waals surface area (Å²) >= 11 is 1.20. The van der Waals surface area contributed by atoms with Crippen molar-refractivity contribution in [1.29, 1.82) is 0 Å². The van der Waals surface area contributed by atoms with Crippen LogP contribution in [0.4, 0.5) is 0 Å². The minimum Gasteiger partial charge on any atom is -0.480 e. The van der Waals surface area contributed by atoms with Gasteiger partial charge >= 0.3 is 10.8 Å². The van der Waals surface area contributed by atoms with E-state index in [0.29, 0.717) is 0 Å². The van der Waals surface area contributed by atoms with Gasteiger partial charge in [-0.3, -0.25) is 14.2 Å². The molecule has 1 aromatic rings. The Morgan fingerprint density at radius 3 is 2.86 bits per heavy atom. The van der Waals surface area contributed by atoms with Crippen LogP contribution in [0.25, 0.3) is 0 Å². The first-order chi connectivity index (χ1) is 6.68. The van der Waals surface area contributed by atoms with Crippen molar-refractivity contribution in [1.82, 2.24) is 4.57 Å². The summed E-state index contributed by atoms with van der Waals surface area (Å²) < 4.78 is 1.40. The standard InChI is InChI=1S/C9H11NO3S/c11-8(12)5-10-6-3-1-2-4-7(6)14-9(10)13/h1-5H2,(H,11,12). The lowest BCUT2D eigenvalue weighted by Gasteiger charge is -2.12. The SMILES string of the molecule is O=C(O)Cn1c2c(sc1=O)CCCC2. The molecule has 5 heteroatoms. The molecule has 0 saturated heterocycles. The van der Waals surface area contributed by atoms with Crippen LogP contribution in [0.3, 0.4) is 0 Å². The normalized spacial score (nSPS) is 15.1. The van der Waals surface area contributed by atoms with Gasteiger partial charge in [-0.25, -0.2) is 0 Å². The highest BCUT2D eigenvalue weighted by molar-refractivity contribution is 7.09. The lowest BCUT2D eigenvalue weighted by Crippen LogP contribution is -2.22. The molecule has 1 aromatic heterocycles. The van der Waals surface area contributed by atoms with E-state index in [1.54, 1.807) is 0 Å². The van der Waals surface area contributed by atoms with E-state index in [9.17, 15) is 9.59 Å². The van der Waals surface area contributed by atoms with Gasteiger partial charge in [0.1, 0.15) is 6.54 Å². The first kappa shape index (κ1) is 9.45. The van der Waals surface area contributed by atoms with Gasteiger partial charge < -0.3 is 5.11 Å². The van der Waals surface area contributed by atoms with Crippen molar-refractivity contribution in [3.63, 3.8) is 0 Å². The number of carboxylic acids is 1. The third-order valence-electron chi connectivity index (χ3n) is 2.44. The van der Waals surface area contributed by atoms with Crippen LogP contribution in [0.5, 0.6) is 0 Å². The van der Waals surface area contributed by atoms with Crippen LogP contribution in [0.1, 0.15) is 23.4 Å². The van der Waals surface area contributed by atoms with Crippen LogP contribution in [0, 0.1) is 0 Å². The Morgan fingerprint density at radius 2 is 2.14 bits per heavy atom. The van der Waals surface area contributed by atoms with Crippen molar-refractivity contribution in [2.75, 3.05) is 0 Å². The number of nitrogens with zero attached hydrogens (tertiary/aromatic N) is 1. The molecule has 1 N–H and O–H groups in total. The maximum absolute atomic E-state index is 11.5. The maximum Gasteiger partial charge on any atom is 0.323 e. The Bertz CT molecular complexity index is 418. The summed E-state index contributed by atoms with van der Waals surface area (Å²) in [6.45, 7) is -0.190. The molecule has 0 spiro atoms. The molecular formula is C9H11NO3S. The summed E-state index contributed by atoms with van der Waals surface area (Å²) in [5, 5.41) is 8.66. The van der Waals surface area contributed by atoms with Gasteiger partial charge in [-0.15, -0.1) is 0 Å². The van der Waals surface area contributed by atoms with E-state index in [4.69, 9.17) is 5.11 Å². The topological polar surface area (TPSA) is 59.3 Å². The highest BCUT2D eigenvalue weighted by atomic mass is 32.1. The number of rotatable bonds is 2. The van der Waals surface area contributed by atoms with Gasteiger partial charge in [0.15, 0.2) is 0 Å². The molecule has 0 unspecified atom stereocenters. The molecule has 0 fully saturated rings. The zero-order chi connectivity index (χ0) is 10.1. The molecule has 0 radical (unpaired) electrons. The van der Waals surface area contributed by atoms with E-state index in [2.05, 4.69) is 0 Å².